The highest BCUT2D eigenvalue weighted by Crippen LogP contribution is 2.31. The summed E-state index contributed by atoms with van der Waals surface area (Å²) >= 11 is 0. The first-order chi connectivity index (χ1) is 8.18. The highest BCUT2D eigenvalue weighted by molar-refractivity contribution is 5.91. The topological polar surface area (TPSA) is 43.4 Å². The summed E-state index contributed by atoms with van der Waals surface area (Å²) in [5, 5.41) is 0. The average Bonchev–Trinajstić information content (AvgIpc) is 2.32. The van der Waals surface area contributed by atoms with Gasteiger partial charge in [0.1, 0.15) is 0 Å². The van der Waals surface area contributed by atoms with Gasteiger partial charge in [-0.3, -0.25) is 9.59 Å². The van der Waals surface area contributed by atoms with Crippen molar-refractivity contribution in [3.63, 3.8) is 0 Å². The zero-order valence-electron chi connectivity index (χ0n) is 9.89. The van der Waals surface area contributed by atoms with E-state index >= 15 is 0 Å². The van der Waals surface area contributed by atoms with Crippen LogP contribution in [0.3, 0.4) is 0 Å². The molecule has 0 radical (unpaired) electrons. The Morgan fingerprint density at radius 2 is 1.94 bits per heavy atom. The maximum absolute atomic E-state index is 12.2. The van der Waals surface area contributed by atoms with Crippen molar-refractivity contribution < 1.29 is 14.3 Å². The third-order valence-electron chi connectivity index (χ3n) is 3.13. The molecule has 0 unspecified atom stereocenters. The maximum atomic E-state index is 12.2. The van der Waals surface area contributed by atoms with Crippen LogP contribution in [-0.2, 0) is 14.3 Å². The van der Waals surface area contributed by atoms with E-state index in [1.54, 1.807) is 0 Å². The lowest BCUT2D eigenvalue weighted by atomic mass is 9.81. The minimum atomic E-state index is -0.550. The summed E-state index contributed by atoms with van der Waals surface area (Å²) in [6, 6.07) is 9.70. The van der Waals surface area contributed by atoms with Gasteiger partial charge in [0.05, 0.1) is 0 Å². The van der Waals surface area contributed by atoms with Crippen molar-refractivity contribution in [3.8, 4) is 0 Å². The lowest BCUT2D eigenvalue weighted by molar-refractivity contribution is -0.155. The molecule has 0 spiro atoms. The lowest BCUT2D eigenvalue weighted by Gasteiger charge is -2.27. The predicted molar refractivity (Wildman–Crippen MR) is 63.6 cm³/mol. The van der Waals surface area contributed by atoms with Crippen LogP contribution in [0.4, 0.5) is 0 Å². The fraction of sp³-hybridized carbons (Fsp3) is 0.429. The third kappa shape index (κ3) is 2.73. The molecule has 0 heterocycles. The summed E-state index contributed by atoms with van der Waals surface area (Å²) in [6.07, 6.45) is 1.87. The van der Waals surface area contributed by atoms with E-state index in [-0.39, 0.29) is 17.7 Å². The van der Waals surface area contributed by atoms with E-state index in [1.165, 1.54) is 6.92 Å². The molecule has 17 heavy (non-hydrogen) atoms. The Morgan fingerprint density at radius 3 is 2.59 bits per heavy atom. The molecule has 2 atom stereocenters. The smallest absolute Gasteiger partial charge is 0.303 e. The molecule has 1 saturated carbocycles. The van der Waals surface area contributed by atoms with Gasteiger partial charge in [-0.15, -0.1) is 0 Å². The molecule has 0 aliphatic heterocycles. The first-order valence-corrected chi connectivity index (χ1v) is 5.94. The van der Waals surface area contributed by atoms with Gasteiger partial charge in [0, 0.05) is 12.8 Å². The second-order valence-corrected chi connectivity index (χ2v) is 4.39. The quantitative estimate of drug-likeness (QED) is 0.736. The third-order valence-corrected chi connectivity index (χ3v) is 3.13. The molecule has 2 rings (SSSR count). The number of benzene rings is 1. The molecule has 0 amide bonds. The lowest BCUT2D eigenvalue weighted by Crippen LogP contribution is -2.34. The molecule has 3 nitrogen and oxygen atoms in total. The summed E-state index contributed by atoms with van der Waals surface area (Å²) in [5.41, 5.74) is 1.02. The Morgan fingerprint density at radius 1 is 1.24 bits per heavy atom. The molecular weight excluding hydrogens is 216 g/mol. The molecule has 1 fully saturated rings. The van der Waals surface area contributed by atoms with Gasteiger partial charge in [0.15, 0.2) is 11.9 Å². The first-order valence-electron chi connectivity index (χ1n) is 5.94. The van der Waals surface area contributed by atoms with Crippen molar-refractivity contribution in [1.82, 2.24) is 0 Å². The summed E-state index contributed by atoms with van der Waals surface area (Å²) in [7, 11) is 0. The first kappa shape index (κ1) is 11.8. The van der Waals surface area contributed by atoms with Crippen LogP contribution in [0.25, 0.3) is 0 Å². The van der Waals surface area contributed by atoms with Crippen LogP contribution < -0.4 is 0 Å². The molecule has 0 bridgehead atoms. The Labute approximate surface area is 101 Å². The van der Waals surface area contributed by atoms with Gasteiger partial charge in [-0.25, -0.2) is 0 Å². The summed E-state index contributed by atoms with van der Waals surface area (Å²) in [4.78, 5) is 23.1. The number of hydrogen-bond acceptors (Lipinski definition) is 3. The van der Waals surface area contributed by atoms with E-state index in [9.17, 15) is 9.59 Å². The van der Waals surface area contributed by atoms with Crippen LogP contribution in [0.15, 0.2) is 30.3 Å². The normalized spacial score (nSPS) is 24.4. The van der Waals surface area contributed by atoms with E-state index in [2.05, 4.69) is 0 Å². The van der Waals surface area contributed by atoms with Crippen molar-refractivity contribution in [2.45, 2.75) is 38.2 Å². The molecule has 0 saturated heterocycles. The maximum Gasteiger partial charge on any atom is 0.303 e. The molecule has 1 aromatic carbocycles. The van der Waals surface area contributed by atoms with Crippen molar-refractivity contribution in [3.05, 3.63) is 35.9 Å². The van der Waals surface area contributed by atoms with Crippen LogP contribution in [-0.4, -0.2) is 17.9 Å². The van der Waals surface area contributed by atoms with E-state index in [1.807, 2.05) is 30.3 Å². The highest BCUT2D eigenvalue weighted by atomic mass is 16.5. The van der Waals surface area contributed by atoms with E-state index in [0.29, 0.717) is 6.42 Å². The Kier molecular flexibility index (Phi) is 3.57. The van der Waals surface area contributed by atoms with Gasteiger partial charge in [0.2, 0.25) is 0 Å². The Bertz CT molecular complexity index is 411. The van der Waals surface area contributed by atoms with Gasteiger partial charge in [-0.2, -0.15) is 0 Å². The molecule has 1 aromatic rings. The number of rotatable bonds is 2. The number of carbonyl (C=O) groups excluding carboxylic acids is 2. The van der Waals surface area contributed by atoms with Crippen molar-refractivity contribution in [2.24, 2.45) is 0 Å². The van der Waals surface area contributed by atoms with Crippen molar-refractivity contribution >= 4 is 11.8 Å². The molecule has 1 aliphatic carbocycles. The molecule has 0 aromatic heterocycles. The standard InChI is InChI=1S/C14H16O3/c1-10(15)17-13-9-5-8-12(14(13)16)11-6-3-2-4-7-11/h2-4,6-7,12-13H,5,8-9H2,1H3/t12-,13-/m1/s1. The van der Waals surface area contributed by atoms with Crippen molar-refractivity contribution in [2.75, 3.05) is 0 Å². The van der Waals surface area contributed by atoms with Gasteiger partial charge < -0.3 is 4.74 Å². The van der Waals surface area contributed by atoms with E-state index in [0.717, 1.165) is 18.4 Å². The Balaban J connectivity index is 2.14. The van der Waals surface area contributed by atoms with Gasteiger partial charge >= 0.3 is 5.97 Å². The van der Waals surface area contributed by atoms with Crippen LogP contribution >= 0.6 is 0 Å². The van der Waals surface area contributed by atoms with Crippen molar-refractivity contribution in [1.29, 1.82) is 0 Å². The fourth-order valence-corrected chi connectivity index (χ4v) is 2.35. The minimum absolute atomic E-state index is 0.0395. The largest absolute Gasteiger partial charge is 0.455 e. The SMILES string of the molecule is CC(=O)O[C@@H]1CCC[C@H](c2ccccc2)C1=O. The van der Waals surface area contributed by atoms with Crippen LogP contribution in [0.5, 0.6) is 0 Å². The second-order valence-electron chi connectivity index (χ2n) is 4.39. The molecule has 1 aliphatic rings. The predicted octanol–water partition coefficient (Wildman–Crippen LogP) is 2.45. The molecule has 0 N–H and O–H groups in total. The number of hydrogen-bond donors (Lipinski definition) is 0. The molecule has 3 heteroatoms. The average molecular weight is 232 g/mol. The number of ketones is 1. The Hall–Kier alpha value is -1.64. The van der Waals surface area contributed by atoms with Gasteiger partial charge in [-0.05, 0) is 24.8 Å². The van der Waals surface area contributed by atoms with Crippen LogP contribution in [0, 0.1) is 0 Å². The van der Waals surface area contributed by atoms with E-state index < -0.39 is 6.10 Å². The fourth-order valence-electron chi connectivity index (χ4n) is 2.35. The number of carbonyl (C=O) groups is 2. The summed E-state index contributed by atoms with van der Waals surface area (Å²) < 4.78 is 5.07. The zero-order valence-corrected chi connectivity index (χ0v) is 9.89. The molecule has 90 valence electrons. The van der Waals surface area contributed by atoms with Crippen LogP contribution in [0.2, 0.25) is 0 Å². The number of esters is 1. The highest BCUT2D eigenvalue weighted by Gasteiger charge is 2.33. The van der Waals surface area contributed by atoms with E-state index in [4.69, 9.17) is 4.74 Å². The summed E-state index contributed by atoms with van der Waals surface area (Å²) in [6.45, 7) is 1.35. The second kappa shape index (κ2) is 5.13. The monoisotopic (exact) mass is 232 g/mol. The summed E-state index contributed by atoms with van der Waals surface area (Å²) in [5.74, 6) is -0.455. The number of ether oxygens (including phenoxy) is 1. The van der Waals surface area contributed by atoms with Crippen LogP contribution in [0.1, 0.15) is 37.7 Å². The van der Waals surface area contributed by atoms with Gasteiger partial charge in [0.25, 0.3) is 0 Å². The molecular formula is C14H16O3. The minimum Gasteiger partial charge on any atom is -0.455 e. The number of Topliss-reactive ketones (excluding diaryl/α,β-unsaturated/α-hetero) is 1. The zero-order chi connectivity index (χ0) is 12.3. The van der Waals surface area contributed by atoms with Gasteiger partial charge in [-0.1, -0.05) is 30.3 Å².